The molecule has 0 spiro atoms. The van der Waals surface area contributed by atoms with E-state index in [1.165, 1.54) is 0 Å². The number of hydrogen-bond donors (Lipinski definition) is 2. The molecule has 0 amide bonds. The van der Waals surface area contributed by atoms with Gasteiger partial charge in [-0.2, -0.15) is 10.1 Å². The van der Waals surface area contributed by atoms with Gasteiger partial charge in [-0.15, -0.1) is 0 Å². The van der Waals surface area contributed by atoms with Crippen molar-refractivity contribution in [2.75, 3.05) is 5.32 Å². The molecule has 1 fully saturated rings. The lowest BCUT2D eigenvalue weighted by Crippen LogP contribution is -2.30. The first-order chi connectivity index (χ1) is 12.2. The number of carboxylic acid groups (broad SMARTS) is 1. The van der Waals surface area contributed by atoms with Crippen molar-refractivity contribution in [3.8, 4) is 5.82 Å². The van der Waals surface area contributed by atoms with Crippen molar-refractivity contribution in [2.45, 2.75) is 31.7 Å². The lowest BCUT2D eigenvalue weighted by molar-refractivity contribution is -0.142. The minimum absolute atomic E-state index is 0.209. The van der Waals surface area contributed by atoms with Crippen LogP contribution in [-0.4, -0.2) is 36.9 Å². The molecular formula is C18H19N5O2. The van der Waals surface area contributed by atoms with Crippen LogP contribution in [0.2, 0.25) is 0 Å². The predicted octanol–water partition coefficient (Wildman–Crippen LogP) is 2.87. The van der Waals surface area contributed by atoms with Crippen LogP contribution in [-0.2, 0) is 4.79 Å². The molecule has 0 radical (unpaired) electrons. The smallest absolute Gasteiger partial charge is 0.306 e. The first kappa shape index (κ1) is 15.6. The van der Waals surface area contributed by atoms with Crippen LogP contribution < -0.4 is 5.32 Å². The number of carbonyl (C=O) groups is 1. The number of aromatic nitrogens is 4. The van der Waals surface area contributed by atoms with E-state index in [-0.39, 0.29) is 12.0 Å². The zero-order chi connectivity index (χ0) is 17.2. The van der Waals surface area contributed by atoms with Crippen LogP contribution in [0.1, 0.15) is 25.7 Å². The molecule has 1 saturated carbocycles. The first-order valence-corrected chi connectivity index (χ1v) is 8.46. The van der Waals surface area contributed by atoms with Crippen LogP contribution in [0.5, 0.6) is 0 Å². The Morgan fingerprint density at radius 1 is 1.16 bits per heavy atom. The van der Waals surface area contributed by atoms with E-state index in [4.69, 9.17) is 5.11 Å². The van der Waals surface area contributed by atoms with Crippen molar-refractivity contribution in [2.24, 2.45) is 5.92 Å². The van der Waals surface area contributed by atoms with Crippen LogP contribution in [0.25, 0.3) is 16.7 Å². The molecule has 1 aromatic carbocycles. The average Bonchev–Trinajstić information content (AvgIpc) is 3.06. The Hall–Kier alpha value is -2.96. The third kappa shape index (κ3) is 3.17. The summed E-state index contributed by atoms with van der Waals surface area (Å²) in [4.78, 5) is 19.9. The number of rotatable bonds is 4. The molecule has 2 aromatic heterocycles. The highest BCUT2D eigenvalue weighted by Crippen LogP contribution is 2.26. The van der Waals surface area contributed by atoms with Gasteiger partial charge in [0.15, 0.2) is 5.82 Å². The van der Waals surface area contributed by atoms with E-state index >= 15 is 0 Å². The number of benzene rings is 1. The second-order valence-electron chi connectivity index (χ2n) is 6.38. The number of hydrogen-bond acceptors (Lipinski definition) is 5. The molecule has 25 heavy (non-hydrogen) atoms. The highest BCUT2D eigenvalue weighted by Gasteiger charge is 2.26. The number of nitrogens with zero attached hydrogens (tertiary/aromatic N) is 4. The molecule has 128 valence electrons. The van der Waals surface area contributed by atoms with Crippen LogP contribution in [0.3, 0.4) is 0 Å². The summed E-state index contributed by atoms with van der Waals surface area (Å²) >= 11 is 0. The Kier molecular flexibility index (Phi) is 4.05. The Labute approximate surface area is 144 Å². The highest BCUT2D eigenvalue weighted by molar-refractivity contribution is 5.79. The van der Waals surface area contributed by atoms with Crippen LogP contribution in [0.4, 0.5) is 5.95 Å². The van der Waals surface area contributed by atoms with E-state index < -0.39 is 5.97 Å². The van der Waals surface area contributed by atoms with Crippen molar-refractivity contribution in [1.82, 2.24) is 19.7 Å². The maximum Gasteiger partial charge on any atom is 0.306 e. The van der Waals surface area contributed by atoms with Gasteiger partial charge in [-0.1, -0.05) is 18.2 Å². The van der Waals surface area contributed by atoms with Gasteiger partial charge in [0.05, 0.1) is 17.6 Å². The number of nitrogens with one attached hydrogen (secondary N) is 1. The van der Waals surface area contributed by atoms with Gasteiger partial charge in [0.25, 0.3) is 0 Å². The first-order valence-electron chi connectivity index (χ1n) is 8.46. The summed E-state index contributed by atoms with van der Waals surface area (Å²) in [6.07, 6.45) is 6.54. The van der Waals surface area contributed by atoms with E-state index in [9.17, 15) is 4.79 Å². The van der Waals surface area contributed by atoms with Gasteiger partial charge in [-0.3, -0.25) is 4.79 Å². The minimum Gasteiger partial charge on any atom is -0.481 e. The molecule has 7 heteroatoms. The molecule has 7 nitrogen and oxygen atoms in total. The van der Waals surface area contributed by atoms with E-state index in [0.717, 1.165) is 23.7 Å². The largest absolute Gasteiger partial charge is 0.481 e. The third-order valence-corrected chi connectivity index (χ3v) is 4.74. The average molecular weight is 337 g/mol. The predicted molar refractivity (Wildman–Crippen MR) is 93.7 cm³/mol. The zero-order valence-electron chi connectivity index (χ0n) is 13.7. The van der Waals surface area contributed by atoms with Gasteiger partial charge in [0.2, 0.25) is 5.95 Å². The SMILES string of the molecule is O=C(O)C1CCC(Nc2nccc(-n3ncc4ccccc43)n2)CC1. The molecule has 0 bridgehead atoms. The second kappa shape index (κ2) is 6.51. The molecular weight excluding hydrogens is 318 g/mol. The molecule has 1 aliphatic carbocycles. The van der Waals surface area contributed by atoms with E-state index in [2.05, 4.69) is 20.4 Å². The molecule has 3 aromatic rings. The second-order valence-corrected chi connectivity index (χ2v) is 6.38. The summed E-state index contributed by atoms with van der Waals surface area (Å²) in [5.74, 6) is 0.344. The molecule has 0 saturated heterocycles. The quantitative estimate of drug-likeness (QED) is 0.760. The molecule has 0 atom stereocenters. The Morgan fingerprint density at radius 3 is 2.76 bits per heavy atom. The summed E-state index contributed by atoms with van der Waals surface area (Å²) in [5.41, 5.74) is 0.995. The van der Waals surface area contributed by atoms with E-state index in [1.54, 1.807) is 10.9 Å². The van der Waals surface area contributed by atoms with Gasteiger partial charge >= 0.3 is 5.97 Å². The lowest BCUT2D eigenvalue weighted by Gasteiger charge is -2.26. The van der Waals surface area contributed by atoms with Gasteiger partial charge in [-0.25, -0.2) is 9.67 Å². The third-order valence-electron chi connectivity index (χ3n) is 4.74. The van der Waals surface area contributed by atoms with E-state index in [0.29, 0.717) is 24.6 Å². The number of aliphatic carboxylic acids is 1. The van der Waals surface area contributed by atoms with Gasteiger partial charge in [-0.05, 0) is 31.7 Å². The Morgan fingerprint density at radius 2 is 1.96 bits per heavy atom. The summed E-state index contributed by atoms with van der Waals surface area (Å²) in [7, 11) is 0. The molecule has 4 rings (SSSR count). The lowest BCUT2D eigenvalue weighted by atomic mass is 9.86. The number of carboxylic acids is 1. The fourth-order valence-corrected chi connectivity index (χ4v) is 3.36. The Bertz CT molecular complexity index is 899. The zero-order valence-corrected chi connectivity index (χ0v) is 13.7. The minimum atomic E-state index is -0.692. The number of para-hydroxylation sites is 1. The summed E-state index contributed by atoms with van der Waals surface area (Å²) in [5, 5.41) is 17.9. The molecule has 0 aliphatic heterocycles. The summed E-state index contributed by atoms with van der Waals surface area (Å²) in [6, 6.07) is 10.0. The fraction of sp³-hybridized carbons (Fsp3) is 0.333. The van der Waals surface area contributed by atoms with Crippen molar-refractivity contribution < 1.29 is 9.90 Å². The summed E-state index contributed by atoms with van der Waals surface area (Å²) < 4.78 is 1.80. The maximum absolute atomic E-state index is 11.0. The van der Waals surface area contributed by atoms with Crippen molar-refractivity contribution in [3.63, 3.8) is 0 Å². The maximum atomic E-state index is 11.0. The molecule has 2 N–H and O–H groups in total. The van der Waals surface area contributed by atoms with Crippen molar-refractivity contribution in [3.05, 3.63) is 42.7 Å². The van der Waals surface area contributed by atoms with Crippen LogP contribution in [0.15, 0.2) is 42.7 Å². The summed E-state index contributed by atoms with van der Waals surface area (Å²) in [6.45, 7) is 0. The van der Waals surface area contributed by atoms with Crippen molar-refractivity contribution >= 4 is 22.8 Å². The molecule has 2 heterocycles. The highest BCUT2D eigenvalue weighted by atomic mass is 16.4. The normalized spacial score (nSPS) is 20.5. The monoisotopic (exact) mass is 337 g/mol. The number of fused-ring (bicyclic) bond motifs is 1. The van der Waals surface area contributed by atoms with Crippen molar-refractivity contribution in [1.29, 1.82) is 0 Å². The fourth-order valence-electron chi connectivity index (χ4n) is 3.36. The molecule has 0 unspecified atom stereocenters. The van der Waals surface area contributed by atoms with Gasteiger partial charge < -0.3 is 10.4 Å². The standard InChI is InChI=1S/C18H19N5O2/c24-17(25)12-5-7-14(8-6-12)21-18-19-10-9-16(22-18)23-15-4-2-1-3-13(15)11-20-23/h1-4,9-12,14H,5-8H2,(H,24,25)(H,19,21,22). The molecule has 1 aliphatic rings. The van der Waals surface area contributed by atoms with Crippen LogP contribution >= 0.6 is 0 Å². The number of anilines is 1. The van der Waals surface area contributed by atoms with Crippen LogP contribution in [0, 0.1) is 5.92 Å². The van der Waals surface area contributed by atoms with Gasteiger partial charge in [0, 0.05) is 23.7 Å². The van der Waals surface area contributed by atoms with Gasteiger partial charge in [0.1, 0.15) is 0 Å². The Balaban J connectivity index is 1.51. The topological polar surface area (TPSA) is 92.9 Å². The van der Waals surface area contributed by atoms with E-state index in [1.807, 2.05) is 36.5 Å².